The van der Waals surface area contributed by atoms with Gasteiger partial charge in [-0.25, -0.2) is 8.42 Å². The first-order valence-electron chi connectivity index (χ1n) is 7.29. The van der Waals surface area contributed by atoms with Crippen molar-refractivity contribution < 1.29 is 8.42 Å². The van der Waals surface area contributed by atoms with Crippen LogP contribution in [0.15, 0.2) is 17.3 Å². The van der Waals surface area contributed by atoms with Crippen molar-refractivity contribution in [3.63, 3.8) is 0 Å². The minimum absolute atomic E-state index is 0.285. The molecule has 0 aromatic carbocycles. The number of nitrogens with zero attached hydrogens (tertiary/aromatic N) is 4. The van der Waals surface area contributed by atoms with Crippen molar-refractivity contribution in [1.29, 1.82) is 0 Å². The number of rotatable bonds is 6. The fourth-order valence-corrected chi connectivity index (χ4v) is 4.01. The molecule has 120 valence electrons. The molecule has 0 radical (unpaired) electrons. The highest BCUT2D eigenvalue weighted by atomic mass is 32.2. The summed E-state index contributed by atoms with van der Waals surface area (Å²) < 4.78 is 28.6. The Morgan fingerprint density at radius 1 is 1.48 bits per heavy atom. The first-order valence-corrected chi connectivity index (χ1v) is 8.73. The normalized spacial score (nSPS) is 21.0. The number of nitrogens with one attached hydrogen (secondary N) is 1. The van der Waals surface area contributed by atoms with E-state index in [2.05, 4.69) is 15.3 Å². The van der Waals surface area contributed by atoms with Crippen molar-refractivity contribution >= 4 is 10.0 Å². The topological polar surface area (TPSA) is 70.5 Å². The molecule has 0 amide bonds. The van der Waals surface area contributed by atoms with Crippen LogP contribution in [0.4, 0.5) is 0 Å². The molecule has 7 nitrogen and oxygen atoms in total. The van der Waals surface area contributed by atoms with Crippen LogP contribution < -0.4 is 5.32 Å². The Morgan fingerprint density at radius 2 is 2.24 bits per heavy atom. The maximum Gasteiger partial charge on any atom is 0.246 e. The molecule has 1 atom stereocenters. The highest BCUT2D eigenvalue weighted by molar-refractivity contribution is 7.89. The molecule has 1 N–H and O–H groups in total. The number of sulfonamides is 1. The average molecular weight is 315 g/mol. The fourth-order valence-electron chi connectivity index (χ4n) is 2.54. The second kappa shape index (κ2) is 6.87. The van der Waals surface area contributed by atoms with Gasteiger partial charge in [-0.05, 0) is 34.0 Å². The lowest BCUT2D eigenvalue weighted by molar-refractivity contribution is 0.190. The third-order valence-electron chi connectivity index (χ3n) is 3.93. The second-order valence-corrected chi connectivity index (χ2v) is 7.60. The number of piperidine rings is 1. The van der Waals surface area contributed by atoms with Crippen LogP contribution >= 0.6 is 0 Å². The van der Waals surface area contributed by atoms with Gasteiger partial charge in [-0.15, -0.1) is 0 Å². The molecule has 8 heteroatoms. The van der Waals surface area contributed by atoms with Gasteiger partial charge >= 0.3 is 0 Å². The molecule has 21 heavy (non-hydrogen) atoms. The van der Waals surface area contributed by atoms with E-state index in [0.29, 0.717) is 19.6 Å². The summed E-state index contributed by atoms with van der Waals surface area (Å²) in [5, 5.41) is 7.15. The van der Waals surface area contributed by atoms with Crippen LogP contribution in [0.5, 0.6) is 0 Å². The van der Waals surface area contributed by atoms with E-state index in [1.54, 1.807) is 15.2 Å². The van der Waals surface area contributed by atoms with E-state index in [-0.39, 0.29) is 10.9 Å². The predicted octanol–water partition coefficient (Wildman–Crippen LogP) is -0.183. The van der Waals surface area contributed by atoms with Crippen LogP contribution in [0, 0.1) is 0 Å². The second-order valence-electron chi connectivity index (χ2n) is 5.67. The van der Waals surface area contributed by atoms with Crippen LogP contribution in [0.2, 0.25) is 0 Å². The molecule has 0 aliphatic carbocycles. The van der Waals surface area contributed by atoms with Gasteiger partial charge in [0.05, 0.1) is 12.7 Å². The number of aromatic nitrogens is 2. The smallest absolute Gasteiger partial charge is 0.246 e. The third-order valence-corrected chi connectivity index (χ3v) is 5.75. The third kappa shape index (κ3) is 3.82. The van der Waals surface area contributed by atoms with Gasteiger partial charge in [0.25, 0.3) is 0 Å². The zero-order chi connectivity index (χ0) is 15.5. The molecular weight excluding hydrogens is 290 g/mol. The Bertz CT molecular complexity index is 555. The first-order chi connectivity index (χ1) is 9.95. The summed E-state index contributed by atoms with van der Waals surface area (Å²) in [5.41, 5.74) is 0. The Kier molecular flexibility index (Phi) is 5.37. The van der Waals surface area contributed by atoms with Gasteiger partial charge in [-0.2, -0.15) is 9.40 Å². The molecule has 1 aliphatic heterocycles. The molecule has 1 saturated heterocycles. The summed E-state index contributed by atoms with van der Waals surface area (Å²) in [6.45, 7) is 2.56. The minimum Gasteiger partial charge on any atom is -0.318 e. The van der Waals surface area contributed by atoms with E-state index in [1.165, 1.54) is 6.20 Å². The van der Waals surface area contributed by atoms with E-state index in [4.69, 9.17) is 0 Å². The zero-order valence-electron chi connectivity index (χ0n) is 13.0. The highest BCUT2D eigenvalue weighted by Gasteiger charge is 2.31. The summed E-state index contributed by atoms with van der Waals surface area (Å²) >= 11 is 0. The van der Waals surface area contributed by atoms with Crippen LogP contribution in [0.1, 0.15) is 12.8 Å². The van der Waals surface area contributed by atoms with Crippen LogP contribution in [-0.2, 0) is 16.6 Å². The van der Waals surface area contributed by atoms with Gasteiger partial charge in [-0.1, -0.05) is 0 Å². The largest absolute Gasteiger partial charge is 0.318 e. The van der Waals surface area contributed by atoms with Crippen molar-refractivity contribution in [1.82, 2.24) is 24.3 Å². The molecule has 1 fully saturated rings. The van der Waals surface area contributed by atoms with Gasteiger partial charge < -0.3 is 10.2 Å². The van der Waals surface area contributed by atoms with Crippen molar-refractivity contribution in [3.05, 3.63) is 12.4 Å². The summed E-state index contributed by atoms with van der Waals surface area (Å²) in [5.74, 6) is 0. The molecule has 1 aromatic heterocycles. The molecule has 0 saturated carbocycles. The van der Waals surface area contributed by atoms with Crippen LogP contribution in [0.3, 0.4) is 0 Å². The lowest BCUT2D eigenvalue weighted by atomic mass is 10.1. The Labute approximate surface area is 127 Å². The maximum absolute atomic E-state index is 12.7. The summed E-state index contributed by atoms with van der Waals surface area (Å²) in [4.78, 5) is 2.39. The summed E-state index contributed by atoms with van der Waals surface area (Å²) in [7, 11) is 2.42. The number of hydrogen-bond donors (Lipinski definition) is 1. The quantitative estimate of drug-likeness (QED) is 0.788. The lowest BCUT2D eigenvalue weighted by Gasteiger charge is -2.35. The Hall–Kier alpha value is -0.960. The summed E-state index contributed by atoms with van der Waals surface area (Å²) in [6, 6.07) is 0.285. The van der Waals surface area contributed by atoms with E-state index in [9.17, 15) is 8.42 Å². The van der Waals surface area contributed by atoms with Gasteiger partial charge in [0.1, 0.15) is 4.90 Å². The maximum atomic E-state index is 12.7. The molecule has 1 unspecified atom stereocenters. The van der Waals surface area contributed by atoms with Gasteiger partial charge in [-0.3, -0.25) is 4.68 Å². The van der Waals surface area contributed by atoms with E-state index in [1.807, 2.05) is 21.1 Å². The van der Waals surface area contributed by atoms with Gasteiger partial charge in [0.15, 0.2) is 0 Å². The number of likely N-dealkylation sites (N-methyl/N-ethyl adjacent to an activating group) is 2. The highest BCUT2D eigenvalue weighted by Crippen LogP contribution is 2.21. The van der Waals surface area contributed by atoms with Gasteiger partial charge in [0.2, 0.25) is 10.0 Å². The molecule has 2 rings (SSSR count). The molecule has 1 aromatic rings. The van der Waals surface area contributed by atoms with Crippen molar-refractivity contribution in [2.45, 2.75) is 30.3 Å². The SMILES string of the molecule is CNCCn1cc(S(=O)(=O)N2CCCC(N(C)C)C2)cn1. The fraction of sp³-hybridized carbons (Fsp3) is 0.769. The summed E-state index contributed by atoms with van der Waals surface area (Å²) in [6.07, 6.45) is 5.01. The van der Waals surface area contributed by atoms with Gasteiger partial charge in [0, 0.05) is 31.9 Å². The van der Waals surface area contributed by atoms with Crippen molar-refractivity contribution in [2.24, 2.45) is 0 Å². The molecule has 0 bridgehead atoms. The predicted molar refractivity (Wildman–Crippen MR) is 81.6 cm³/mol. The number of hydrogen-bond acceptors (Lipinski definition) is 5. The Balaban J connectivity index is 2.11. The average Bonchev–Trinajstić information content (AvgIpc) is 2.94. The monoisotopic (exact) mass is 315 g/mol. The van der Waals surface area contributed by atoms with Crippen molar-refractivity contribution in [2.75, 3.05) is 40.8 Å². The van der Waals surface area contributed by atoms with E-state index >= 15 is 0 Å². The zero-order valence-corrected chi connectivity index (χ0v) is 13.8. The minimum atomic E-state index is -3.43. The van der Waals surface area contributed by atoms with E-state index < -0.39 is 10.0 Å². The lowest BCUT2D eigenvalue weighted by Crippen LogP contribution is -2.47. The molecule has 1 aliphatic rings. The molecule has 2 heterocycles. The first kappa shape index (κ1) is 16.4. The van der Waals surface area contributed by atoms with Crippen molar-refractivity contribution in [3.8, 4) is 0 Å². The van der Waals surface area contributed by atoms with E-state index in [0.717, 1.165) is 19.4 Å². The van der Waals surface area contributed by atoms with Crippen LogP contribution in [0.25, 0.3) is 0 Å². The molecular formula is C13H25N5O2S. The molecule has 0 spiro atoms. The van der Waals surface area contributed by atoms with Crippen LogP contribution in [-0.4, -0.2) is 74.2 Å². The Morgan fingerprint density at radius 3 is 2.90 bits per heavy atom. The standard InChI is InChI=1S/C13H25N5O2S/c1-14-6-8-17-11-13(9-15-17)21(19,20)18-7-4-5-12(10-18)16(2)3/h9,11-12,14H,4-8,10H2,1-3H3.